The zero-order valence-electron chi connectivity index (χ0n) is 14.8. The average Bonchev–Trinajstić information content (AvgIpc) is 3.05. The first kappa shape index (κ1) is 15.8. The van der Waals surface area contributed by atoms with Crippen LogP contribution in [-0.4, -0.2) is 47.0 Å². The second-order valence-electron chi connectivity index (χ2n) is 7.84. The number of hydrogen-bond acceptors (Lipinski definition) is 4. The Bertz CT molecular complexity index is 863. The van der Waals surface area contributed by atoms with Crippen molar-refractivity contribution in [3.05, 3.63) is 34.8 Å². The molecule has 2 aromatic rings. The van der Waals surface area contributed by atoms with E-state index in [9.17, 15) is 9.59 Å². The predicted molar refractivity (Wildman–Crippen MR) is 93.4 cm³/mol. The van der Waals surface area contributed by atoms with Crippen LogP contribution < -0.4 is 5.69 Å². The van der Waals surface area contributed by atoms with Crippen molar-refractivity contribution >= 4 is 5.91 Å². The van der Waals surface area contributed by atoms with Gasteiger partial charge in [-0.05, 0) is 37.7 Å². The van der Waals surface area contributed by atoms with Crippen molar-refractivity contribution in [2.75, 3.05) is 0 Å². The fourth-order valence-corrected chi connectivity index (χ4v) is 4.43. The largest absolute Gasteiger partial charge is 0.345 e. The molecule has 0 unspecified atom stereocenters. The van der Waals surface area contributed by atoms with Gasteiger partial charge in [0.1, 0.15) is 5.82 Å². The first-order valence-electron chi connectivity index (χ1n) is 9.64. The van der Waals surface area contributed by atoms with E-state index in [0.29, 0.717) is 31.8 Å². The minimum atomic E-state index is 0.00314. The van der Waals surface area contributed by atoms with Crippen molar-refractivity contribution in [3.8, 4) is 0 Å². The molecule has 0 spiro atoms. The molecule has 1 amide bonds. The van der Waals surface area contributed by atoms with Crippen molar-refractivity contribution in [2.24, 2.45) is 5.92 Å². The third kappa shape index (κ3) is 2.77. The first-order valence-corrected chi connectivity index (χ1v) is 9.64. The zero-order valence-corrected chi connectivity index (χ0v) is 14.8. The van der Waals surface area contributed by atoms with Crippen LogP contribution in [0.3, 0.4) is 0 Å². The van der Waals surface area contributed by atoms with Crippen LogP contribution >= 0.6 is 0 Å². The highest BCUT2D eigenvalue weighted by Gasteiger charge is 2.41. The lowest BCUT2D eigenvalue weighted by atomic mass is 10.1. The number of amides is 1. The Kier molecular flexibility index (Phi) is 3.72. The molecule has 1 saturated carbocycles. The summed E-state index contributed by atoms with van der Waals surface area (Å²) in [6.07, 6.45) is 9.13. The van der Waals surface area contributed by atoms with Gasteiger partial charge in [0.05, 0.1) is 6.04 Å². The highest BCUT2D eigenvalue weighted by Crippen LogP contribution is 2.32. The van der Waals surface area contributed by atoms with Crippen LogP contribution in [0, 0.1) is 5.92 Å². The van der Waals surface area contributed by atoms with Crippen molar-refractivity contribution < 1.29 is 4.79 Å². The molecule has 2 aromatic heterocycles. The minimum absolute atomic E-state index is 0.00314. The Hall–Kier alpha value is -2.38. The van der Waals surface area contributed by atoms with E-state index >= 15 is 0 Å². The van der Waals surface area contributed by atoms with Crippen LogP contribution in [-0.2, 0) is 30.8 Å². The summed E-state index contributed by atoms with van der Waals surface area (Å²) in [5.74, 6) is 1.65. The molecule has 2 bridgehead atoms. The maximum atomic E-state index is 12.9. The molecule has 26 heavy (non-hydrogen) atoms. The van der Waals surface area contributed by atoms with E-state index in [0.717, 1.165) is 25.2 Å². The summed E-state index contributed by atoms with van der Waals surface area (Å²) in [5.41, 5.74) is 0.00314. The fourth-order valence-electron chi connectivity index (χ4n) is 4.43. The number of aromatic nitrogens is 5. The zero-order chi connectivity index (χ0) is 17.7. The molecule has 0 radical (unpaired) electrons. The third-order valence-corrected chi connectivity index (χ3v) is 5.96. The van der Waals surface area contributed by atoms with Crippen molar-refractivity contribution in [2.45, 2.75) is 70.2 Å². The van der Waals surface area contributed by atoms with E-state index in [-0.39, 0.29) is 23.7 Å². The minimum Gasteiger partial charge on any atom is -0.334 e. The van der Waals surface area contributed by atoms with Gasteiger partial charge in [-0.15, -0.1) is 0 Å². The van der Waals surface area contributed by atoms with E-state index in [4.69, 9.17) is 0 Å². The van der Waals surface area contributed by atoms with Gasteiger partial charge in [0.2, 0.25) is 5.91 Å². The fraction of sp³-hybridized carbons (Fsp3) is 0.667. The van der Waals surface area contributed by atoms with E-state index in [1.807, 2.05) is 21.7 Å². The van der Waals surface area contributed by atoms with Crippen LogP contribution in [0.2, 0.25) is 0 Å². The number of nitrogens with zero attached hydrogens (tertiary/aromatic N) is 6. The Morgan fingerprint density at radius 3 is 2.81 bits per heavy atom. The number of carbonyl (C=O) groups is 1. The topological polar surface area (TPSA) is 78.0 Å². The molecule has 8 heteroatoms. The maximum Gasteiger partial charge on any atom is 0.345 e. The highest BCUT2D eigenvalue weighted by molar-refractivity contribution is 5.77. The molecular formula is C18H24N6O2. The second-order valence-corrected chi connectivity index (χ2v) is 7.84. The Balaban J connectivity index is 1.33. The molecule has 1 aliphatic carbocycles. The van der Waals surface area contributed by atoms with Crippen LogP contribution in [0.25, 0.3) is 0 Å². The molecular weight excluding hydrogens is 332 g/mol. The third-order valence-electron chi connectivity index (χ3n) is 5.96. The average molecular weight is 356 g/mol. The summed E-state index contributed by atoms with van der Waals surface area (Å²) < 4.78 is 5.26. The smallest absolute Gasteiger partial charge is 0.334 e. The van der Waals surface area contributed by atoms with E-state index in [1.165, 1.54) is 12.8 Å². The summed E-state index contributed by atoms with van der Waals surface area (Å²) in [4.78, 5) is 27.6. The van der Waals surface area contributed by atoms with Crippen LogP contribution in [0.4, 0.5) is 0 Å². The van der Waals surface area contributed by atoms with E-state index < -0.39 is 0 Å². The molecule has 3 aliphatic rings. The Labute approximate surface area is 151 Å². The lowest BCUT2D eigenvalue weighted by molar-refractivity contribution is -0.134. The lowest BCUT2D eigenvalue weighted by Gasteiger charge is -2.28. The summed E-state index contributed by atoms with van der Waals surface area (Å²) in [6, 6.07) is 2.15. The van der Waals surface area contributed by atoms with E-state index in [2.05, 4.69) is 10.2 Å². The molecule has 2 aliphatic heterocycles. The van der Waals surface area contributed by atoms with Crippen molar-refractivity contribution in [3.63, 3.8) is 0 Å². The quantitative estimate of drug-likeness (QED) is 0.788. The molecule has 0 N–H and O–H groups in total. The standard InChI is InChI=1S/C18H24N6O2/c25-17(6-9-21-8-1-7-19-21)24-14-4-5-15(24)12-22-16(10-14)20-23(18(22)26)11-13-2-3-13/h1,7-8,13-15H,2-6,9-12H2/t14-,15+/m0/s1. The predicted octanol–water partition coefficient (Wildman–Crippen LogP) is 0.657. The van der Waals surface area contributed by atoms with Crippen molar-refractivity contribution in [1.29, 1.82) is 0 Å². The van der Waals surface area contributed by atoms with E-state index in [1.54, 1.807) is 15.6 Å². The van der Waals surface area contributed by atoms with Gasteiger partial charge in [-0.25, -0.2) is 9.48 Å². The van der Waals surface area contributed by atoms with Crippen LogP contribution in [0.15, 0.2) is 23.3 Å². The molecule has 1 saturated heterocycles. The number of carbonyl (C=O) groups excluding carboxylic acids is 1. The normalized spacial score (nSPS) is 24.5. The van der Waals surface area contributed by atoms with Gasteiger partial charge in [0, 0.05) is 50.9 Å². The van der Waals surface area contributed by atoms with Crippen molar-refractivity contribution in [1.82, 2.24) is 29.0 Å². The maximum absolute atomic E-state index is 12.9. The van der Waals surface area contributed by atoms with Gasteiger partial charge < -0.3 is 4.90 Å². The number of fused-ring (bicyclic) bond motifs is 3. The number of rotatable bonds is 5. The molecule has 0 aromatic carbocycles. The van der Waals surface area contributed by atoms with Gasteiger partial charge >= 0.3 is 5.69 Å². The van der Waals surface area contributed by atoms with Gasteiger partial charge in [-0.1, -0.05) is 0 Å². The van der Waals surface area contributed by atoms with Gasteiger partial charge in [-0.2, -0.15) is 10.2 Å². The van der Waals surface area contributed by atoms with Gasteiger partial charge in [0.15, 0.2) is 0 Å². The number of hydrogen-bond donors (Lipinski definition) is 0. The summed E-state index contributed by atoms with van der Waals surface area (Å²) in [7, 11) is 0. The summed E-state index contributed by atoms with van der Waals surface area (Å²) in [5, 5.41) is 8.77. The number of aryl methyl sites for hydroxylation is 1. The Morgan fingerprint density at radius 2 is 2.04 bits per heavy atom. The molecule has 5 rings (SSSR count). The van der Waals surface area contributed by atoms with Crippen LogP contribution in [0.5, 0.6) is 0 Å². The van der Waals surface area contributed by atoms with Crippen LogP contribution in [0.1, 0.15) is 37.9 Å². The Morgan fingerprint density at radius 1 is 1.19 bits per heavy atom. The van der Waals surface area contributed by atoms with Gasteiger partial charge in [0.25, 0.3) is 0 Å². The molecule has 2 fully saturated rings. The highest BCUT2D eigenvalue weighted by atomic mass is 16.2. The lowest BCUT2D eigenvalue weighted by Crippen LogP contribution is -2.43. The second kappa shape index (κ2) is 6.10. The molecule has 138 valence electrons. The van der Waals surface area contributed by atoms with Gasteiger partial charge in [-0.3, -0.25) is 14.0 Å². The molecule has 4 heterocycles. The summed E-state index contributed by atoms with van der Waals surface area (Å²) >= 11 is 0. The monoisotopic (exact) mass is 356 g/mol. The summed E-state index contributed by atoms with van der Waals surface area (Å²) in [6.45, 7) is 1.93. The SMILES string of the molecule is O=C(CCn1cccn1)N1[C@@H]2CC[C@H]1Cc1nn(CC3CC3)c(=O)n1C2. The molecule has 2 atom stereocenters. The first-order chi connectivity index (χ1) is 12.7. The molecule has 8 nitrogen and oxygen atoms in total.